The highest BCUT2D eigenvalue weighted by molar-refractivity contribution is 7.99. The average Bonchev–Trinajstić information content (AvgIpc) is 2.58. The Morgan fingerprint density at radius 3 is 2.64 bits per heavy atom. The minimum atomic E-state index is 1.19. The van der Waals surface area contributed by atoms with Gasteiger partial charge in [0.2, 0.25) is 0 Å². The quantitative estimate of drug-likeness (QED) is 0.536. The van der Waals surface area contributed by atoms with Gasteiger partial charge >= 0.3 is 0 Å². The first-order valence-electron chi connectivity index (χ1n) is 3.98. The van der Waals surface area contributed by atoms with Gasteiger partial charge in [0.05, 0.1) is 0 Å². The summed E-state index contributed by atoms with van der Waals surface area (Å²) in [6, 6.07) is 0. The Morgan fingerprint density at radius 2 is 2.00 bits per heavy atom. The maximum Gasteiger partial charge on any atom is 0.113 e. The zero-order valence-corrected chi connectivity index (χ0v) is 8.09. The smallest absolute Gasteiger partial charge is 0.113 e. The fraction of sp³-hybridized carbons (Fsp3) is 0.857. The van der Waals surface area contributed by atoms with Gasteiger partial charge in [0.25, 0.3) is 0 Å². The predicted octanol–water partition coefficient (Wildman–Crippen LogP) is 1.49. The van der Waals surface area contributed by atoms with Crippen LogP contribution in [0, 0.1) is 0 Å². The SMILES string of the molecule is C1CN(C2=NSCC2)CCS1. The Kier molecular flexibility index (Phi) is 2.64. The number of hydrogen-bond donors (Lipinski definition) is 0. The van der Waals surface area contributed by atoms with E-state index in [1.165, 1.54) is 42.6 Å². The number of hydrogen-bond acceptors (Lipinski definition) is 4. The summed E-state index contributed by atoms with van der Waals surface area (Å²) in [7, 11) is 0. The van der Waals surface area contributed by atoms with E-state index in [1.54, 1.807) is 11.9 Å². The van der Waals surface area contributed by atoms with Crippen molar-refractivity contribution in [3.05, 3.63) is 0 Å². The molecule has 0 aliphatic carbocycles. The van der Waals surface area contributed by atoms with Crippen LogP contribution in [0.2, 0.25) is 0 Å². The van der Waals surface area contributed by atoms with Gasteiger partial charge in [-0.3, -0.25) is 0 Å². The second-order valence-corrected chi connectivity index (χ2v) is 4.76. The molecule has 0 radical (unpaired) electrons. The molecule has 1 fully saturated rings. The summed E-state index contributed by atoms with van der Waals surface area (Å²) in [6.45, 7) is 2.42. The average molecular weight is 188 g/mol. The monoisotopic (exact) mass is 188 g/mol. The van der Waals surface area contributed by atoms with E-state index in [0.29, 0.717) is 0 Å². The molecule has 0 aromatic rings. The largest absolute Gasteiger partial charge is 0.358 e. The minimum Gasteiger partial charge on any atom is -0.358 e. The molecule has 2 aliphatic rings. The van der Waals surface area contributed by atoms with Gasteiger partial charge in [0.15, 0.2) is 0 Å². The molecule has 0 aromatic carbocycles. The molecule has 0 amide bonds. The molecule has 4 heteroatoms. The van der Waals surface area contributed by atoms with Crippen molar-refractivity contribution in [2.45, 2.75) is 6.42 Å². The minimum absolute atomic E-state index is 1.19. The molecular formula is C7H12N2S2. The lowest BCUT2D eigenvalue weighted by Crippen LogP contribution is -2.37. The molecule has 11 heavy (non-hydrogen) atoms. The lowest BCUT2D eigenvalue weighted by Gasteiger charge is -2.27. The maximum atomic E-state index is 4.41. The van der Waals surface area contributed by atoms with E-state index in [1.807, 2.05) is 0 Å². The van der Waals surface area contributed by atoms with Crippen LogP contribution in [0.1, 0.15) is 6.42 Å². The van der Waals surface area contributed by atoms with Crippen molar-refractivity contribution >= 4 is 29.5 Å². The molecule has 0 bridgehead atoms. The third-order valence-electron chi connectivity index (χ3n) is 1.96. The van der Waals surface area contributed by atoms with Gasteiger partial charge in [-0.1, -0.05) is 0 Å². The fourth-order valence-corrected chi connectivity index (χ4v) is 2.96. The summed E-state index contributed by atoms with van der Waals surface area (Å²) < 4.78 is 4.41. The molecular weight excluding hydrogens is 176 g/mol. The fourth-order valence-electron chi connectivity index (χ4n) is 1.34. The lowest BCUT2D eigenvalue weighted by atomic mass is 10.3. The molecule has 0 spiro atoms. The van der Waals surface area contributed by atoms with E-state index in [2.05, 4.69) is 21.1 Å². The topological polar surface area (TPSA) is 15.6 Å². The van der Waals surface area contributed by atoms with E-state index >= 15 is 0 Å². The summed E-state index contributed by atoms with van der Waals surface area (Å²) >= 11 is 3.77. The third-order valence-corrected chi connectivity index (χ3v) is 3.63. The van der Waals surface area contributed by atoms with Crippen molar-refractivity contribution in [1.82, 2.24) is 4.90 Å². The molecule has 2 aliphatic heterocycles. The summed E-state index contributed by atoms with van der Waals surface area (Å²) in [4.78, 5) is 2.44. The third kappa shape index (κ3) is 1.85. The number of amidine groups is 1. The number of thioether (sulfide) groups is 1. The van der Waals surface area contributed by atoms with Crippen molar-refractivity contribution in [3.63, 3.8) is 0 Å². The summed E-state index contributed by atoms with van der Waals surface area (Å²) in [5.74, 6) is 5.10. The molecule has 2 nitrogen and oxygen atoms in total. The van der Waals surface area contributed by atoms with Crippen LogP contribution < -0.4 is 0 Å². The van der Waals surface area contributed by atoms with Crippen LogP contribution in [0.4, 0.5) is 0 Å². The normalized spacial score (nSPS) is 25.5. The molecule has 0 saturated carbocycles. The standard InChI is InChI=1S/C7H12N2S2/c1-4-11-8-7(1)9-2-5-10-6-3-9/h1-6H2. The molecule has 2 rings (SSSR count). The Bertz CT molecular complexity index is 164. The number of rotatable bonds is 0. The van der Waals surface area contributed by atoms with Crippen LogP contribution in [0.25, 0.3) is 0 Å². The zero-order valence-electron chi connectivity index (χ0n) is 6.45. The van der Waals surface area contributed by atoms with Crippen molar-refractivity contribution < 1.29 is 0 Å². The van der Waals surface area contributed by atoms with Gasteiger partial charge in [0.1, 0.15) is 5.84 Å². The van der Waals surface area contributed by atoms with Crippen LogP contribution >= 0.6 is 23.7 Å². The highest BCUT2D eigenvalue weighted by atomic mass is 32.2. The lowest BCUT2D eigenvalue weighted by molar-refractivity contribution is 0.457. The molecule has 2 heterocycles. The molecule has 0 N–H and O–H groups in total. The van der Waals surface area contributed by atoms with E-state index in [4.69, 9.17) is 0 Å². The summed E-state index contributed by atoms with van der Waals surface area (Å²) in [5.41, 5.74) is 0. The van der Waals surface area contributed by atoms with Crippen LogP contribution in [0.3, 0.4) is 0 Å². The van der Waals surface area contributed by atoms with E-state index in [9.17, 15) is 0 Å². The van der Waals surface area contributed by atoms with E-state index in [0.717, 1.165) is 0 Å². The maximum absolute atomic E-state index is 4.41. The summed E-state index contributed by atoms with van der Waals surface area (Å²) in [6.07, 6.45) is 1.19. The highest BCUT2D eigenvalue weighted by Crippen LogP contribution is 2.19. The summed E-state index contributed by atoms with van der Waals surface area (Å²) in [5, 5.41) is 0. The first kappa shape index (κ1) is 7.80. The Labute approximate surface area is 76.0 Å². The Hall–Kier alpha value is 0.170. The Morgan fingerprint density at radius 1 is 1.18 bits per heavy atom. The molecule has 0 aromatic heterocycles. The zero-order chi connectivity index (χ0) is 7.52. The second kappa shape index (κ2) is 3.72. The van der Waals surface area contributed by atoms with Gasteiger partial charge in [-0.05, 0) is 11.9 Å². The van der Waals surface area contributed by atoms with Gasteiger partial charge in [-0.25, -0.2) is 4.40 Å². The molecule has 0 unspecified atom stereocenters. The van der Waals surface area contributed by atoms with Crippen LogP contribution in [0.5, 0.6) is 0 Å². The van der Waals surface area contributed by atoms with Gasteiger partial charge in [-0.2, -0.15) is 11.8 Å². The van der Waals surface area contributed by atoms with Crippen molar-refractivity contribution in [3.8, 4) is 0 Å². The molecule has 0 atom stereocenters. The Balaban J connectivity index is 1.92. The van der Waals surface area contributed by atoms with Crippen molar-refractivity contribution in [2.75, 3.05) is 30.3 Å². The van der Waals surface area contributed by atoms with Gasteiger partial charge in [0, 0.05) is 36.8 Å². The molecule has 1 saturated heterocycles. The van der Waals surface area contributed by atoms with Gasteiger partial charge in [-0.15, -0.1) is 0 Å². The first-order chi connectivity index (χ1) is 5.47. The van der Waals surface area contributed by atoms with Crippen LogP contribution in [-0.2, 0) is 0 Å². The van der Waals surface area contributed by atoms with Gasteiger partial charge < -0.3 is 4.90 Å². The number of nitrogens with zero attached hydrogens (tertiary/aromatic N) is 2. The van der Waals surface area contributed by atoms with Crippen LogP contribution in [0.15, 0.2) is 4.40 Å². The van der Waals surface area contributed by atoms with Crippen molar-refractivity contribution in [2.24, 2.45) is 4.40 Å². The molecule has 62 valence electrons. The first-order valence-corrected chi connectivity index (χ1v) is 6.08. The predicted molar refractivity (Wildman–Crippen MR) is 53.4 cm³/mol. The highest BCUT2D eigenvalue weighted by Gasteiger charge is 2.17. The van der Waals surface area contributed by atoms with E-state index < -0.39 is 0 Å². The van der Waals surface area contributed by atoms with Crippen molar-refractivity contribution in [1.29, 1.82) is 0 Å². The second-order valence-electron chi connectivity index (χ2n) is 2.69. The van der Waals surface area contributed by atoms with Crippen LogP contribution in [-0.4, -0.2) is 41.1 Å². The van der Waals surface area contributed by atoms with E-state index in [-0.39, 0.29) is 0 Å².